The monoisotopic (exact) mass is 834 g/mol. The van der Waals surface area contributed by atoms with Gasteiger partial charge in [0, 0.05) is 24.9 Å². The molecule has 3 saturated heterocycles. The highest BCUT2D eigenvalue weighted by Gasteiger charge is 2.77. The Hall–Kier alpha value is -4.44. The van der Waals surface area contributed by atoms with E-state index >= 15 is 9.59 Å². The van der Waals surface area contributed by atoms with Gasteiger partial charge in [0.2, 0.25) is 17.7 Å². The van der Waals surface area contributed by atoms with Gasteiger partial charge in [0.15, 0.2) is 0 Å². The van der Waals surface area contributed by atoms with Crippen LogP contribution >= 0.6 is 15.9 Å². The van der Waals surface area contributed by atoms with Gasteiger partial charge in [0.05, 0.1) is 48.8 Å². The van der Waals surface area contributed by atoms with Crippen LogP contribution in [0.3, 0.4) is 0 Å². The van der Waals surface area contributed by atoms with Crippen LogP contribution in [0, 0.1) is 17.8 Å². The molecule has 2 aromatic carbocycles. The highest BCUT2D eigenvalue weighted by atomic mass is 79.9. The van der Waals surface area contributed by atoms with Gasteiger partial charge in [0.25, 0.3) is 0 Å². The Balaban J connectivity index is 1.38. The normalized spacial score (nSPS) is 25.5. The number of esters is 1. The minimum absolute atomic E-state index is 0.00339. The number of carbonyl (C=O) groups excluding carboxylic acids is 4. The second-order valence-electron chi connectivity index (χ2n) is 15.2. The molecule has 0 aliphatic carbocycles. The number of hydrogen-bond acceptors (Lipinski definition) is 10. The van der Waals surface area contributed by atoms with Crippen molar-refractivity contribution in [2.24, 2.45) is 17.8 Å². The topological polar surface area (TPSA) is 165 Å². The van der Waals surface area contributed by atoms with Crippen molar-refractivity contribution in [2.75, 3.05) is 26.9 Å². The van der Waals surface area contributed by atoms with Gasteiger partial charge in [-0.05, 0) is 42.9 Å². The zero-order valence-corrected chi connectivity index (χ0v) is 33.6. The maximum Gasteiger partial charge on any atom is 0.313 e. The molecular formula is C41H51BrN6O8. The lowest BCUT2D eigenvalue weighted by atomic mass is 9.70. The van der Waals surface area contributed by atoms with Crippen LogP contribution in [-0.2, 0) is 40.1 Å². The van der Waals surface area contributed by atoms with E-state index in [1.807, 2.05) is 44.2 Å². The number of rotatable bonds is 19. The fourth-order valence-corrected chi connectivity index (χ4v) is 9.63. The quantitative estimate of drug-likeness (QED) is 0.103. The van der Waals surface area contributed by atoms with E-state index in [9.17, 15) is 14.7 Å². The number of aromatic nitrogens is 3. The highest BCUT2D eigenvalue weighted by molar-refractivity contribution is 9.09. The maximum absolute atomic E-state index is 15.1. The number of likely N-dealkylation sites (tertiary alicyclic amines) is 1. The molecule has 56 heavy (non-hydrogen) atoms. The molecule has 4 heterocycles. The predicted molar refractivity (Wildman–Crippen MR) is 211 cm³/mol. The zero-order valence-electron chi connectivity index (χ0n) is 32.0. The largest absolute Gasteiger partial charge is 0.455 e. The minimum Gasteiger partial charge on any atom is -0.455 e. The first-order valence-electron chi connectivity index (χ1n) is 19.1. The van der Waals surface area contributed by atoms with Gasteiger partial charge in [-0.3, -0.25) is 19.2 Å². The number of carbonyl (C=O) groups is 4. The van der Waals surface area contributed by atoms with E-state index in [-0.39, 0.29) is 44.5 Å². The predicted octanol–water partition coefficient (Wildman–Crippen LogP) is 3.94. The van der Waals surface area contributed by atoms with E-state index in [4.69, 9.17) is 14.2 Å². The van der Waals surface area contributed by atoms with E-state index in [0.29, 0.717) is 23.9 Å². The summed E-state index contributed by atoms with van der Waals surface area (Å²) in [5.41, 5.74) is 0.562. The summed E-state index contributed by atoms with van der Waals surface area (Å²) < 4.78 is 20.3. The summed E-state index contributed by atoms with van der Waals surface area (Å²) in [6.45, 7) is 11.3. The van der Waals surface area contributed by atoms with Gasteiger partial charge in [-0.25, -0.2) is 4.68 Å². The standard InChI is InChI=1S/C41H51BrN6O8/c1-6-8-18-32(50)43-30(23-54-5)35(26-14-10-9-11-15-26)55-40(53)33-34-38(51)48(27(22-49)20-25(3)4)37(41(34)21-28(42)36(33)56-41)39(52)46(19-7-2)24-47-31-17-13-12-16-29(31)44-45-47/h6-7,9-17,25,27-28,30,33-37,49H,1-2,8,18-24H2,3-5H3,(H,43,50)/t27-,28?,30-,33-,34+,35-,36-,37-,41+/m1/s1. The number of alkyl halides is 1. The Bertz CT molecular complexity index is 1910. The lowest BCUT2D eigenvalue weighted by molar-refractivity contribution is -0.163. The molecule has 3 fully saturated rings. The van der Waals surface area contributed by atoms with Gasteiger partial charge in [0.1, 0.15) is 29.9 Å². The molecule has 9 atom stereocenters. The first kappa shape index (κ1) is 41.2. The van der Waals surface area contributed by atoms with Crippen molar-refractivity contribution in [3.05, 3.63) is 85.5 Å². The number of amides is 3. The molecule has 0 radical (unpaired) electrons. The number of para-hydroxylation sites is 1. The lowest BCUT2D eigenvalue weighted by Gasteiger charge is -2.39. The van der Waals surface area contributed by atoms with Gasteiger partial charge in [-0.1, -0.05) is 89.6 Å². The molecule has 14 nitrogen and oxygen atoms in total. The summed E-state index contributed by atoms with van der Waals surface area (Å²) in [7, 11) is 1.49. The molecule has 1 unspecified atom stereocenters. The van der Waals surface area contributed by atoms with E-state index in [2.05, 4.69) is 44.7 Å². The van der Waals surface area contributed by atoms with Gasteiger partial charge < -0.3 is 34.4 Å². The van der Waals surface area contributed by atoms with Crippen molar-refractivity contribution < 1.29 is 38.5 Å². The average Bonchev–Trinajstić information content (AvgIpc) is 3.91. The third-order valence-corrected chi connectivity index (χ3v) is 11.8. The second kappa shape index (κ2) is 17.8. The third kappa shape index (κ3) is 7.91. The number of nitrogens with one attached hydrogen (secondary N) is 1. The highest BCUT2D eigenvalue weighted by Crippen LogP contribution is 2.61. The maximum atomic E-state index is 15.1. The van der Waals surface area contributed by atoms with Gasteiger partial charge in [-0.2, -0.15) is 0 Å². The van der Waals surface area contributed by atoms with E-state index < -0.39 is 77.0 Å². The summed E-state index contributed by atoms with van der Waals surface area (Å²) in [4.78, 5) is 60.5. The molecule has 3 aliphatic heterocycles. The van der Waals surface area contributed by atoms with Crippen LogP contribution in [0.2, 0.25) is 0 Å². The number of aliphatic hydroxyl groups excluding tert-OH is 1. The number of ether oxygens (including phenoxy) is 3. The Morgan fingerprint density at radius 1 is 1.14 bits per heavy atom. The third-order valence-electron chi connectivity index (χ3n) is 11.0. The van der Waals surface area contributed by atoms with Crippen LogP contribution in [0.4, 0.5) is 0 Å². The Labute approximate surface area is 335 Å². The van der Waals surface area contributed by atoms with E-state index in [1.54, 1.807) is 46.0 Å². The number of methoxy groups -OCH3 is 1. The zero-order chi connectivity index (χ0) is 40.1. The van der Waals surface area contributed by atoms with Crippen molar-refractivity contribution in [3.63, 3.8) is 0 Å². The van der Waals surface area contributed by atoms with Crippen molar-refractivity contribution in [2.45, 2.75) is 87.0 Å². The summed E-state index contributed by atoms with van der Waals surface area (Å²) in [6, 6.07) is 13.7. The summed E-state index contributed by atoms with van der Waals surface area (Å²) in [5, 5.41) is 22.3. The Morgan fingerprint density at radius 3 is 2.55 bits per heavy atom. The molecule has 3 aliphatic rings. The number of allylic oxidation sites excluding steroid dienone is 1. The summed E-state index contributed by atoms with van der Waals surface area (Å²) in [5.74, 6) is -4.01. The van der Waals surface area contributed by atoms with Gasteiger partial charge in [-0.15, -0.1) is 18.3 Å². The summed E-state index contributed by atoms with van der Waals surface area (Å²) in [6.07, 6.45) is 2.76. The van der Waals surface area contributed by atoms with E-state index in [1.165, 1.54) is 12.0 Å². The molecule has 0 saturated carbocycles. The summed E-state index contributed by atoms with van der Waals surface area (Å²) >= 11 is 3.75. The van der Waals surface area contributed by atoms with Crippen molar-refractivity contribution in [1.29, 1.82) is 0 Å². The molecule has 3 aromatic rings. The number of halogens is 1. The van der Waals surface area contributed by atoms with Crippen LogP contribution in [0.25, 0.3) is 11.0 Å². The van der Waals surface area contributed by atoms with Crippen molar-refractivity contribution in [3.8, 4) is 0 Å². The van der Waals surface area contributed by atoms with E-state index in [0.717, 1.165) is 5.52 Å². The number of nitrogens with zero attached hydrogens (tertiary/aromatic N) is 5. The van der Waals surface area contributed by atoms with Crippen LogP contribution in [-0.4, -0.2) is 115 Å². The number of hydrogen-bond donors (Lipinski definition) is 2. The van der Waals surface area contributed by atoms with Crippen LogP contribution < -0.4 is 5.32 Å². The van der Waals surface area contributed by atoms with Crippen LogP contribution in [0.15, 0.2) is 79.9 Å². The number of benzene rings is 2. The number of fused-ring (bicyclic) bond motifs is 2. The first-order valence-corrected chi connectivity index (χ1v) is 20.0. The smallest absolute Gasteiger partial charge is 0.313 e. The Morgan fingerprint density at radius 2 is 1.88 bits per heavy atom. The first-order chi connectivity index (χ1) is 27.0. The minimum atomic E-state index is -1.43. The molecule has 2 bridgehead atoms. The molecule has 1 aromatic heterocycles. The molecule has 6 rings (SSSR count). The molecular weight excluding hydrogens is 784 g/mol. The van der Waals surface area contributed by atoms with Crippen molar-refractivity contribution in [1.82, 2.24) is 30.1 Å². The molecule has 1 spiro atoms. The lowest BCUT2D eigenvalue weighted by Crippen LogP contribution is -2.59. The van der Waals surface area contributed by atoms with Crippen LogP contribution in [0.5, 0.6) is 0 Å². The molecule has 15 heteroatoms. The number of aliphatic hydroxyl groups is 1. The van der Waals surface area contributed by atoms with Gasteiger partial charge >= 0.3 is 5.97 Å². The second-order valence-corrected chi connectivity index (χ2v) is 16.3. The van der Waals surface area contributed by atoms with Crippen molar-refractivity contribution >= 4 is 50.7 Å². The SMILES string of the molecule is C=CCCC(=O)N[C@H](COC)[C@H](OC(=O)[C@H]1[C@@H]2O[C@@]3(CC2Br)[C@@H]1C(=O)N([C@@H](CO)CC(C)C)[C@@H]3C(=O)N(CC=C)Cn1nnc2ccccc21)c1ccccc1. The fourth-order valence-electron chi connectivity index (χ4n) is 8.68. The average molecular weight is 836 g/mol. The molecule has 2 N–H and O–H groups in total. The Kier molecular flexibility index (Phi) is 13.1. The fraction of sp³-hybridized carbons (Fsp3) is 0.512. The van der Waals surface area contributed by atoms with Crippen LogP contribution in [0.1, 0.15) is 51.2 Å². The molecule has 300 valence electrons. The molecule has 3 amide bonds.